The van der Waals surface area contributed by atoms with Crippen LogP contribution in [-0.2, 0) is 20.7 Å². The van der Waals surface area contributed by atoms with Gasteiger partial charge in [-0.25, -0.2) is 0 Å². The van der Waals surface area contributed by atoms with Gasteiger partial charge < -0.3 is 20.5 Å². The Labute approximate surface area is 194 Å². The van der Waals surface area contributed by atoms with Gasteiger partial charge >= 0.3 is 0 Å². The lowest BCUT2D eigenvalue weighted by molar-refractivity contribution is -0.120. The molecular formula is C27H30N2O4. The zero-order valence-electron chi connectivity index (χ0n) is 18.8. The minimum absolute atomic E-state index is 0.000946. The molecule has 3 N–H and O–H groups in total. The summed E-state index contributed by atoms with van der Waals surface area (Å²) in [6.45, 7) is 1.85. The van der Waals surface area contributed by atoms with Crippen LogP contribution in [0.15, 0.2) is 84.5 Å². The van der Waals surface area contributed by atoms with E-state index in [9.17, 15) is 9.59 Å². The van der Waals surface area contributed by atoms with E-state index in [0.717, 1.165) is 29.7 Å². The summed E-state index contributed by atoms with van der Waals surface area (Å²) in [6, 6.07) is 15.3. The van der Waals surface area contributed by atoms with Gasteiger partial charge in [0.25, 0.3) is 0 Å². The maximum absolute atomic E-state index is 12.0. The van der Waals surface area contributed by atoms with Gasteiger partial charge in [-0.05, 0) is 61.1 Å². The third-order valence-electron chi connectivity index (χ3n) is 5.21. The number of nitrogens with one attached hydrogen (secondary N) is 2. The molecule has 3 rings (SSSR count). The number of ether oxygens (including phenoxy) is 1. The summed E-state index contributed by atoms with van der Waals surface area (Å²) in [4.78, 5) is 23.3. The molecule has 6 heteroatoms. The summed E-state index contributed by atoms with van der Waals surface area (Å²) in [5, 5.41) is 14.2. The van der Waals surface area contributed by atoms with Crippen LogP contribution in [0.3, 0.4) is 0 Å². The molecule has 0 radical (unpaired) electrons. The van der Waals surface area contributed by atoms with Gasteiger partial charge in [0, 0.05) is 11.4 Å². The Bertz CT molecular complexity index is 1020. The van der Waals surface area contributed by atoms with Crippen molar-refractivity contribution in [3.63, 3.8) is 0 Å². The highest BCUT2D eigenvalue weighted by Gasteiger charge is 2.07. The first-order chi connectivity index (χ1) is 16.0. The molecule has 1 atom stereocenters. The van der Waals surface area contributed by atoms with Crippen molar-refractivity contribution in [3.8, 4) is 0 Å². The zero-order valence-corrected chi connectivity index (χ0v) is 18.8. The van der Waals surface area contributed by atoms with E-state index in [-0.39, 0.29) is 12.5 Å². The molecule has 0 heterocycles. The van der Waals surface area contributed by atoms with Gasteiger partial charge in [-0.15, -0.1) is 0 Å². The maximum Gasteiger partial charge on any atom is 0.250 e. The number of amides is 2. The molecule has 2 amide bonds. The second-order valence-corrected chi connectivity index (χ2v) is 8.00. The van der Waals surface area contributed by atoms with E-state index in [2.05, 4.69) is 28.9 Å². The average Bonchev–Trinajstić information content (AvgIpc) is 3.05. The molecule has 0 aromatic heterocycles. The first kappa shape index (κ1) is 24.2. The number of hydrogen-bond donors (Lipinski definition) is 3. The lowest BCUT2D eigenvalue weighted by atomic mass is 9.98. The number of aliphatic hydroxyl groups excluding tert-OH is 1. The van der Waals surface area contributed by atoms with Crippen molar-refractivity contribution < 1.29 is 19.4 Å². The van der Waals surface area contributed by atoms with Gasteiger partial charge in [-0.1, -0.05) is 60.2 Å². The highest BCUT2D eigenvalue weighted by atomic mass is 16.5. The second kappa shape index (κ2) is 12.5. The normalized spacial score (nSPS) is 15.0. The molecular weight excluding hydrogens is 416 g/mol. The van der Waals surface area contributed by atoms with Crippen molar-refractivity contribution in [1.82, 2.24) is 0 Å². The average molecular weight is 447 g/mol. The second-order valence-electron chi connectivity index (χ2n) is 8.00. The lowest BCUT2D eigenvalue weighted by Gasteiger charge is -2.09. The van der Waals surface area contributed by atoms with Crippen molar-refractivity contribution in [2.75, 3.05) is 30.5 Å². The topological polar surface area (TPSA) is 87.7 Å². The molecule has 1 aliphatic carbocycles. The van der Waals surface area contributed by atoms with E-state index < -0.39 is 12.5 Å². The third-order valence-corrected chi connectivity index (χ3v) is 5.21. The van der Waals surface area contributed by atoms with Crippen LogP contribution in [0.25, 0.3) is 0 Å². The van der Waals surface area contributed by atoms with Crippen LogP contribution in [0, 0.1) is 12.8 Å². The number of anilines is 2. The number of rotatable bonds is 10. The first-order valence-electron chi connectivity index (χ1n) is 11.0. The molecule has 0 saturated heterocycles. The number of benzene rings is 2. The summed E-state index contributed by atoms with van der Waals surface area (Å²) in [5.74, 6) is -0.291. The van der Waals surface area contributed by atoms with E-state index >= 15 is 0 Å². The van der Waals surface area contributed by atoms with Gasteiger partial charge in [0.15, 0.2) is 0 Å². The van der Waals surface area contributed by atoms with E-state index in [0.29, 0.717) is 18.2 Å². The fourth-order valence-corrected chi connectivity index (χ4v) is 3.36. The highest BCUT2D eigenvalue weighted by molar-refractivity contribution is 5.92. The number of aliphatic hydroxyl groups is 1. The monoisotopic (exact) mass is 446 g/mol. The molecule has 2 aromatic rings. The Hall–Kier alpha value is -3.48. The minimum atomic E-state index is -0.524. The largest absolute Gasteiger partial charge is 0.387 e. The van der Waals surface area contributed by atoms with Crippen molar-refractivity contribution in [3.05, 3.63) is 95.6 Å². The standard InChI is InChI=1S/C27H30N2O4/c1-20-5-13-24(14-6-20)29-27(32)19-33-18-23-4-2-3-21(9-10-23)7-8-22-11-15-25(16-12-22)28-26(31)17-30/h2-6,9-16,21,30H,7-8,17-19H2,1H3,(H,28,31)(H,29,32). The first-order valence-corrected chi connectivity index (χ1v) is 11.0. The van der Waals surface area contributed by atoms with E-state index in [4.69, 9.17) is 9.84 Å². The van der Waals surface area contributed by atoms with Gasteiger partial charge in [0.2, 0.25) is 11.8 Å². The predicted molar refractivity (Wildman–Crippen MR) is 131 cm³/mol. The number of aryl methyl sites for hydroxylation is 2. The summed E-state index contributed by atoms with van der Waals surface area (Å²) >= 11 is 0. The lowest BCUT2D eigenvalue weighted by Crippen LogP contribution is -2.18. The van der Waals surface area contributed by atoms with E-state index in [1.54, 1.807) is 0 Å². The Kier molecular flexibility index (Phi) is 9.18. The minimum Gasteiger partial charge on any atom is -0.387 e. The number of carbonyl (C=O) groups is 2. The molecule has 2 aromatic carbocycles. The zero-order chi connectivity index (χ0) is 23.5. The van der Waals surface area contributed by atoms with Crippen molar-refractivity contribution >= 4 is 23.2 Å². The van der Waals surface area contributed by atoms with Crippen LogP contribution in [0.4, 0.5) is 11.4 Å². The molecule has 0 bridgehead atoms. The molecule has 172 valence electrons. The molecule has 0 saturated carbocycles. The summed E-state index contributed by atoms with van der Waals surface area (Å²) < 4.78 is 5.59. The van der Waals surface area contributed by atoms with Crippen molar-refractivity contribution in [2.45, 2.75) is 19.8 Å². The van der Waals surface area contributed by atoms with Gasteiger partial charge in [0.05, 0.1) is 6.61 Å². The number of allylic oxidation sites excluding steroid dienone is 4. The van der Waals surface area contributed by atoms with E-state index in [1.807, 2.05) is 67.6 Å². The molecule has 0 spiro atoms. The maximum atomic E-state index is 12.0. The molecule has 0 aliphatic heterocycles. The van der Waals surface area contributed by atoms with Crippen LogP contribution < -0.4 is 10.6 Å². The third kappa shape index (κ3) is 8.52. The molecule has 1 unspecified atom stereocenters. The molecule has 0 fully saturated rings. The number of hydrogen-bond acceptors (Lipinski definition) is 4. The van der Waals surface area contributed by atoms with Crippen LogP contribution in [0.2, 0.25) is 0 Å². The Morgan fingerprint density at radius 2 is 1.61 bits per heavy atom. The molecule has 33 heavy (non-hydrogen) atoms. The SMILES string of the molecule is Cc1ccc(NC(=O)COCC2=CC=CC(CCc3ccc(NC(=O)CO)cc3)C=C2)cc1. The van der Waals surface area contributed by atoms with Crippen LogP contribution in [0.1, 0.15) is 17.5 Å². The predicted octanol–water partition coefficient (Wildman–Crippen LogP) is 4.18. The van der Waals surface area contributed by atoms with Gasteiger partial charge in [-0.2, -0.15) is 0 Å². The fraction of sp³-hybridized carbons (Fsp3) is 0.259. The van der Waals surface area contributed by atoms with Gasteiger partial charge in [-0.3, -0.25) is 9.59 Å². The summed E-state index contributed by atoms with van der Waals surface area (Å²) in [5.41, 5.74) is 4.77. The Balaban J connectivity index is 1.38. The Morgan fingerprint density at radius 3 is 2.30 bits per heavy atom. The smallest absolute Gasteiger partial charge is 0.250 e. The van der Waals surface area contributed by atoms with Crippen molar-refractivity contribution in [2.24, 2.45) is 5.92 Å². The Morgan fingerprint density at radius 1 is 0.939 bits per heavy atom. The summed E-state index contributed by atoms with van der Waals surface area (Å²) in [7, 11) is 0. The van der Waals surface area contributed by atoms with Crippen LogP contribution in [-0.4, -0.2) is 36.7 Å². The van der Waals surface area contributed by atoms with Gasteiger partial charge in [0.1, 0.15) is 13.2 Å². The molecule has 1 aliphatic rings. The number of carbonyl (C=O) groups excluding carboxylic acids is 2. The quantitative estimate of drug-likeness (QED) is 0.511. The summed E-state index contributed by atoms with van der Waals surface area (Å²) in [6.07, 6.45) is 12.3. The highest BCUT2D eigenvalue weighted by Crippen LogP contribution is 2.18. The fourth-order valence-electron chi connectivity index (χ4n) is 3.36. The van der Waals surface area contributed by atoms with Crippen LogP contribution >= 0.6 is 0 Å². The van der Waals surface area contributed by atoms with E-state index in [1.165, 1.54) is 5.56 Å². The van der Waals surface area contributed by atoms with Crippen LogP contribution in [0.5, 0.6) is 0 Å². The van der Waals surface area contributed by atoms with Crippen molar-refractivity contribution in [1.29, 1.82) is 0 Å². The molecule has 6 nitrogen and oxygen atoms in total.